The summed E-state index contributed by atoms with van der Waals surface area (Å²) in [6, 6.07) is 32.4. The second kappa shape index (κ2) is 10.7. The summed E-state index contributed by atoms with van der Waals surface area (Å²) in [5.41, 5.74) is 4.68. The molecule has 0 saturated carbocycles. The normalized spacial score (nSPS) is 10.8. The Morgan fingerprint density at radius 1 is 0.722 bits per heavy atom. The first-order valence-corrected chi connectivity index (χ1v) is 11.7. The van der Waals surface area contributed by atoms with Crippen LogP contribution in [0.5, 0.6) is 0 Å². The summed E-state index contributed by atoms with van der Waals surface area (Å²) in [7, 11) is 0. The molecule has 0 aliphatic rings. The molecule has 0 aliphatic heterocycles. The van der Waals surface area contributed by atoms with E-state index in [9.17, 15) is 9.59 Å². The van der Waals surface area contributed by atoms with E-state index in [-0.39, 0.29) is 23.7 Å². The molecule has 0 bridgehead atoms. The standard InChI is InChI=1S/C29H25N5O2/c35-27-17-16-26(31-34(27)20-23-12-6-2-7-13-23)29(36)30-18-25-21-33(19-22-10-4-1-5-11-22)32-28(25)24-14-8-3-9-15-24/h1-17,21H,18-20H2,(H,30,36). The number of rotatable bonds is 8. The molecule has 2 aromatic heterocycles. The number of benzene rings is 3. The van der Waals surface area contributed by atoms with Crippen LogP contribution in [0.2, 0.25) is 0 Å². The average Bonchev–Trinajstić information content (AvgIpc) is 3.32. The van der Waals surface area contributed by atoms with Crippen molar-refractivity contribution in [1.82, 2.24) is 24.9 Å². The lowest BCUT2D eigenvalue weighted by atomic mass is 10.1. The minimum absolute atomic E-state index is 0.184. The summed E-state index contributed by atoms with van der Waals surface area (Å²) < 4.78 is 3.19. The number of aromatic nitrogens is 4. The molecule has 7 nitrogen and oxygen atoms in total. The fraction of sp³-hybridized carbons (Fsp3) is 0.103. The molecule has 3 aromatic carbocycles. The van der Waals surface area contributed by atoms with Crippen molar-refractivity contribution >= 4 is 5.91 Å². The molecule has 0 saturated heterocycles. The van der Waals surface area contributed by atoms with E-state index in [4.69, 9.17) is 5.10 Å². The van der Waals surface area contributed by atoms with Gasteiger partial charge in [0.15, 0.2) is 0 Å². The molecule has 0 fully saturated rings. The Morgan fingerprint density at radius 2 is 1.33 bits per heavy atom. The van der Waals surface area contributed by atoms with Crippen LogP contribution in [0.4, 0.5) is 0 Å². The van der Waals surface area contributed by atoms with Gasteiger partial charge in [-0.3, -0.25) is 14.3 Å². The summed E-state index contributed by atoms with van der Waals surface area (Å²) in [6.45, 7) is 1.20. The number of carbonyl (C=O) groups is 1. The molecule has 178 valence electrons. The number of nitrogens with one attached hydrogen (secondary N) is 1. The van der Waals surface area contributed by atoms with E-state index >= 15 is 0 Å². The average molecular weight is 476 g/mol. The molecule has 0 aliphatic carbocycles. The lowest BCUT2D eigenvalue weighted by molar-refractivity contribution is 0.0943. The Bertz CT molecular complexity index is 1510. The van der Waals surface area contributed by atoms with Crippen molar-refractivity contribution in [3.63, 3.8) is 0 Å². The fourth-order valence-electron chi connectivity index (χ4n) is 3.99. The maximum atomic E-state index is 13.0. The zero-order chi connectivity index (χ0) is 24.7. The van der Waals surface area contributed by atoms with Crippen molar-refractivity contribution in [3.05, 3.63) is 142 Å². The first-order valence-electron chi connectivity index (χ1n) is 11.7. The van der Waals surface area contributed by atoms with Gasteiger partial charge in [-0.25, -0.2) is 4.68 Å². The van der Waals surface area contributed by atoms with Gasteiger partial charge in [0.05, 0.1) is 18.8 Å². The van der Waals surface area contributed by atoms with E-state index in [0.29, 0.717) is 13.1 Å². The molecule has 7 heteroatoms. The van der Waals surface area contributed by atoms with Crippen LogP contribution in [0.25, 0.3) is 11.3 Å². The molecule has 0 radical (unpaired) electrons. The Balaban J connectivity index is 1.35. The Hall–Kier alpha value is -4.78. The highest BCUT2D eigenvalue weighted by Crippen LogP contribution is 2.22. The van der Waals surface area contributed by atoms with Crippen molar-refractivity contribution in [1.29, 1.82) is 0 Å². The number of carbonyl (C=O) groups excluding carboxylic acids is 1. The predicted octanol–water partition coefficient (Wildman–Crippen LogP) is 4.13. The topological polar surface area (TPSA) is 81.8 Å². The van der Waals surface area contributed by atoms with Crippen LogP contribution in [-0.2, 0) is 19.6 Å². The van der Waals surface area contributed by atoms with Crippen molar-refractivity contribution in [2.24, 2.45) is 0 Å². The van der Waals surface area contributed by atoms with Gasteiger partial charge in [-0.15, -0.1) is 0 Å². The molecule has 5 rings (SSSR count). The minimum atomic E-state index is -0.355. The summed E-state index contributed by atoms with van der Waals surface area (Å²) >= 11 is 0. The van der Waals surface area contributed by atoms with E-state index in [0.717, 1.165) is 27.9 Å². The van der Waals surface area contributed by atoms with E-state index in [2.05, 4.69) is 22.5 Å². The maximum Gasteiger partial charge on any atom is 0.271 e. The van der Waals surface area contributed by atoms with Gasteiger partial charge in [-0.1, -0.05) is 91.0 Å². The van der Waals surface area contributed by atoms with Crippen LogP contribution in [0.1, 0.15) is 27.2 Å². The second-order valence-electron chi connectivity index (χ2n) is 8.43. The van der Waals surface area contributed by atoms with Gasteiger partial charge >= 0.3 is 0 Å². The van der Waals surface area contributed by atoms with Crippen LogP contribution in [0.3, 0.4) is 0 Å². The monoisotopic (exact) mass is 475 g/mol. The van der Waals surface area contributed by atoms with E-state index in [1.165, 1.54) is 16.8 Å². The third-order valence-electron chi connectivity index (χ3n) is 5.79. The third-order valence-corrected chi connectivity index (χ3v) is 5.79. The molecule has 0 unspecified atom stereocenters. The SMILES string of the molecule is O=C(NCc1cn(Cc2ccccc2)nc1-c1ccccc1)c1ccc(=O)n(Cc2ccccc2)n1. The predicted molar refractivity (Wildman–Crippen MR) is 138 cm³/mol. The van der Waals surface area contributed by atoms with Crippen molar-refractivity contribution in [2.75, 3.05) is 0 Å². The quantitative estimate of drug-likeness (QED) is 0.366. The molecular formula is C29H25N5O2. The van der Waals surface area contributed by atoms with Gasteiger partial charge < -0.3 is 5.32 Å². The summed E-state index contributed by atoms with van der Waals surface area (Å²) in [4.78, 5) is 25.3. The minimum Gasteiger partial charge on any atom is -0.346 e. The fourth-order valence-corrected chi connectivity index (χ4v) is 3.99. The van der Waals surface area contributed by atoms with Crippen LogP contribution in [-0.4, -0.2) is 25.5 Å². The highest BCUT2D eigenvalue weighted by Gasteiger charge is 2.15. The summed E-state index contributed by atoms with van der Waals surface area (Å²) in [6.07, 6.45) is 1.96. The number of hydrogen-bond donors (Lipinski definition) is 1. The Kier molecular flexibility index (Phi) is 6.80. The van der Waals surface area contributed by atoms with Gasteiger partial charge in [0.25, 0.3) is 11.5 Å². The van der Waals surface area contributed by atoms with Crippen LogP contribution in [0, 0.1) is 0 Å². The first kappa shape index (κ1) is 23.0. The molecular weight excluding hydrogens is 450 g/mol. The lowest BCUT2D eigenvalue weighted by Crippen LogP contribution is -2.29. The number of hydrogen-bond acceptors (Lipinski definition) is 4. The Morgan fingerprint density at radius 3 is 2.00 bits per heavy atom. The molecule has 5 aromatic rings. The molecule has 0 atom stereocenters. The maximum absolute atomic E-state index is 13.0. The van der Waals surface area contributed by atoms with Crippen molar-refractivity contribution < 1.29 is 4.79 Å². The molecule has 0 spiro atoms. The molecule has 1 N–H and O–H groups in total. The van der Waals surface area contributed by atoms with Gasteiger partial charge in [0, 0.05) is 29.9 Å². The number of amides is 1. The largest absolute Gasteiger partial charge is 0.346 e. The van der Waals surface area contributed by atoms with Crippen molar-refractivity contribution in [3.8, 4) is 11.3 Å². The third kappa shape index (κ3) is 5.47. The van der Waals surface area contributed by atoms with Crippen LogP contribution >= 0.6 is 0 Å². The van der Waals surface area contributed by atoms with Gasteiger partial charge in [-0.2, -0.15) is 10.2 Å². The zero-order valence-electron chi connectivity index (χ0n) is 19.6. The van der Waals surface area contributed by atoms with E-state index in [1.54, 1.807) is 0 Å². The summed E-state index contributed by atoms with van der Waals surface area (Å²) in [5.74, 6) is -0.355. The Labute approximate surface area is 208 Å². The molecule has 2 heterocycles. The summed E-state index contributed by atoms with van der Waals surface area (Å²) in [5, 5.41) is 12.0. The van der Waals surface area contributed by atoms with Gasteiger partial charge in [-0.05, 0) is 17.2 Å². The van der Waals surface area contributed by atoms with E-state index < -0.39 is 0 Å². The lowest BCUT2D eigenvalue weighted by Gasteiger charge is -2.08. The van der Waals surface area contributed by atoms with E-state index in [1.807, 2.05) is 89.7 Å². The first-order chi connectivity index (χ1) is 17.7. The van der Waals surface area contributed by atoms with Crippen molar-refractivity contribution in [2.45, 2.75) is 19.6 Å². The van der Waals surface area contributed by atoms with Gasteiger partial charge in [0.1, 0.15) is 5.69 Å². The van der Waals surface area contributed by atoms with Crippen LogP contribution < -0.4 is 10.9 Å². The zero-order valence-corrected chi connectivity index (χ0v) is 19.6. The van der Waals surface area contributed by atoms with Crippen LogP contribution in [0.15, 0.2) is 114 Å². The smallest absolute Gasteiger partial charge is 0.271 e. The molecule has 1 amide bonds. The highest BCUT2D eigenvalue weighted by molar-refractivity contribution is 5.92. The highest BCUT2D eigenvalue weighted by atomic mass is 16.2. The number of nitrogens with zero attached hydrogens (tertiary/aromatic N) is 4. The molecule has 36 heavy (non-hydrogen) atoms. The second-order valence-corrected chi connectivity index (χ2v) is 8.43. The van der Waals surface area contributed by atoms with Gasteiger partial charge in [0.2, 0.25) is 0 Å².